The van der Waals surface area contributed by atoms with Crippen molar-refractivity contribution in [2.45, 2.75) is 26.4 Å². The van der Waals surface area contributed by atoms with E-state index in [9.17, 15) is 0 Å². The van der Waals surface area contributed by atoms with Crippen LogP contribution in [0.1, 0.15) is 35.2 Å². The molecule has 1 heterocycles. The van der Waals surface area contributed by atoms with E-state index in [4.69, 9.17) is 5.41 Å². The molecule has 1 aliphatic rings. The molecule has 1 N–H and O–H groups in total. The Morgan fingerprint density at radius 3 is 2.47 bits per heavy atom. The van der Waals surface area contributed by atoms with Crippen LogP contribution in [-0.2, 0) is 6.54 Å². The van der Waals surface area contributed by atoms with Crippen LogP contribution in [0.3, 0.4) is 0 Å². The molecule has 0 amide bonds. The van der Waals surface area contributed by atoms with Gasteiger partial charge in [0.2, 0.25) is 0 Å². The van der Waals surface area contributed by atoms with Crippen molar-refractivity contribution in [1.82, 2.24) is 4.90 Å². The molecule has 96 valence electrons. The van der Waals surface area contributed by atoms with Crippen molar-refractivity contribution in [3.05, 3.63) is 70.8 Å². The summed E-state index contributed by atoms with van der Waals surface area (Å²) < 4.78 is 0. The predicted octanol–water partition coefficient (Wildman–Crippen LogP) is 3.90. The molecule has 1 unspecified atom stereocenters. The molecule has 0 saturated carbocycles. The molecule has 2 aromatic rings. The lowest BCUT2D eigenvalue weighted by atomic mass is 10.0. The minimum atomic E-state index is 0.237. The molecule has 0 spiro atoms. The lowest BCUT2D eigenvalue weighted by molar-refractivity contribution is 0.340. The van der Waals surface area contributed by atoms with Gasteiger partial charge in [0.25, 0.3) is 0 Å². The lowest BCUT2D eigenvalue weighted by Crippen LogP contribution is -2.27. The molecule has 2 heteroatoms. The Morgan fingerprint density at radius 1 is 1.05 bits per heavy atom. The molecule has 19 heavy (non-hydrogen) atoms. The van der Waals surface area contributed by atoms with Crippen LogP contribution >= 0.6 is 0 Å². The standard InChI is InChI=1S/C17H18N2/c1-12-7-3-5-9-15(12)13(2)19-11-14-8-4-6-10-16(14)17(19)18/h3-10,13,18H,11H2,1-2H3. The smallest absolute Gasteiger partial charge is 0.129 e. The number of hydrogen-bond acceptors (Lipinski definition) is 1. The molecule has 0 aliphatic carbocycles. The highest BCUT2D eigenvalue weighted by molar-refractivity contribution is 6.00. The van der Waals surface area contributed by atoms with E-state index in [-0.39, 0.29) is 6.04 Å². The van der Waals surface area contributed by atoms with E-state index in [1.54, 1.807) is 0 Å². The summed E-state index contributed by atoms with van der Waals surface area (Å²) in [7, 11) is 0. The predicted molar refractivity (Wildman–Crippen MR) is 78.4 cm³/mol. The Kier molecular flexibility index (Phi) is 2.86. The van der Waals surface area contributed by atoms with Crippen molar-refractivity contribution in [2.24, 2.45) is 0 Å². The molecule has 2 nitrogen and oxygen atoms in total. The van der Waals surface area contributed by atoms with Gasteiger partial charge in [-0.05, 0) is 30.5 Å². The van der Waals surface area contributed by atoms with Crippen molar-refractivity contribution in [3.63, 3.8) is 0 Å². The van der Waals surface area contributed by atoms with Crippen LogP contribution in [0.2, 0.25) is 0 Å². The summed E-state index contributed by atoms with van der Waals surface area (Å²) in [6.45, 7) is 5.16. The summed E-state index contributed by atoms with van der Waals surface area (Å²) in [5.74, 6) is 0.645. The zero-order chi connectivity index (χ0) is 13.4. The molecule has 0 radical (unpaired) electrons. The zero-order valence-corrected chi connectivity index (χ0v) is 11.4. The van der Waals surface area contributed by atoms with Gasteiger partial charge in [-0.25, -0.2) is 0 Å². The average Bonchev–Trinajstić information content (AvgIpc) is 2.77. The van der Waals surface area contributed by atoms with Gasteiger partial charge in [-0.2, -0.15) is 0 Å². The van der Waals surface area contributed by atoms with Crippen molar-refractivity contribution >= 4 is 5.84 Å². The van der Waals surface area contributed by atoms with Crippen LogP contribution in [0.25, 0.3) is 0 Å². The van der Waals surface area contributed by atoms with E-state index in [1.807, 2.05) is 18.2 Å². The number of nitrogens with one attached hydrogen (secondary N) is 1. The van der Waals surface area contributed by atoms with Crippen molar-refractivity contribution in [2.75, 3.05) is 0 Å². The maximum Gasteiger partial charge on any atom is 0.129 e. The minimum Gasteiger partial charge on any atom is -0.345 e. The van der Waals surface area contributed by atoms with E-state index in [2.05, 4.69) is 49.1 Å². The second kappa shape index (κ2) is 4.54. The molecule has 3 rings (SSSR count). The maximum atomic E-state index is 8.36. The van der Waals surface area contributed by atoms with Crippen LogP contribution in [-0.4, -0.2) is 10.7 Å². The van der Waals surface area contributed by atoms with Crippen LogP contribution in [0, 0.1) is 12.3 Å². The largest absolute Gasteiger partial charge is 0.345 e. The van der Waals surface area contributed by atoms with E-state index in [1.165, 1.54) is 16.7 Å². The highest BCUT2D eigenvalue weighted by atomic mass is 15.2. The fourth-order valence-corrected chi connectivity index (χ4v) is 2.86. The van der Waals surface area contributed by atoms with Crippen molar-refractivity contribution in [1.29, 1.82) is 5.41 Å². The van der Waals surface area contributed by atoms with Gasteiger partial charge < -0.3 is 4.90 Å². The van der Waals surface area contributed by atoms with E-state index >= 15 is 0 Å². The second-order valence-corrected chi connectivity index (χ2v) is 5.17. The number of rotatable bonds is 2. The first-order valence-electron chi connectivity index (χ1n) is 6.67. The van der Waals surface area contributed by atoms with Gasteiger partial charge in [0.1, 0.15) is 5.84 Å². The zero-order valence-electron chi connectivity index (χ0n) is 11.4. The number of nitrogens with zero attached hydrogens (tertiary/aromatic N) is 1. The van der Waals surface area contributed by atoms with Crippen LogP contribution in [0.4, 0.5) is 0 Å². The fourth-order valence-electron chi connectivity index (χ4n) is 2.86. The van der Waals surface area contributed by atoms with Crippen molar-refractivity contribution in [3.8, 4) is 0 Å². The van der Waals surface area contributed by atoms with E-state index in [0.29, 0.717) is 5.84 Å². The topological polar surface area (TPSA) is 27.1 Å². The molecular weight excluding hydrogens is 232 g/mol. The normalized spacial score (nSPS) is 15.5. The van der Waals surface area contributed by atoms with Crippen LogP contribution < -0.4 is 0 Å². The third kappa shape index (κ3) is 1.93. The number of aryl methyl sites for hydroxylation is 1. The van der Waals surface area contributed by atoms with Crippen LogP contribution in [0.5, 0.6) is 0 Å². The third-order valence-electron chi connectivity index (χ3n) is 4.01. The van der Waals surface area contributed by atoms with Gasteiger partial charge in [-0.1, -0.05) is 48.5 Å². The van der Waals surface area contributed by atoms with Gasteiger partial charge in [-0.15, -0.1) is 0 Å². The quantitative estimate of drug-likeness (QED) is 0.860. The Morgan fingerprint density at radius 2 is 1.74 bits per heavy atom. The van der Waals surface area contributed by atoms with E-state index < -0.39 is 0 Å². The molecule has 0 aromatic heterocycles. The summed E-state index contributed by atoms with van der Waals surface area (Å²) >= 11 is 0. The molecule has 1 aliphatic heterocycles. The molecule has 0 bridgehead atoms. The Balaban J connectivity index is 1.94. The summed E-state index contributed by atoms with van der Waals surface area (Å²) in [6.07, 6.45) is 0. The van der Waals surface area contributed by atoms with E-state index in [0.717, 1.165) is 12.1 Å². The van der Waals surface area contributed by atoms with Gasteiger partial charge in [-0.3, -0.25) is 5.41 Å². The first kappa shape index (κ1) is 12.0. The molecular formula is C17H18N2. The monoisotopic (exact) mass is 250 g/mol. The third-order valence-corrected chi connectivity index (χ3v) is 4.01. The fraction of sp³-hybridized carbons (Fsp3) is 0.235. The summed E-state index contributed by atoms with van der Waals surface area (Å²) in [4.78, 5) is 2.17. The average molecular weight is 250 g/mol. The van der Waals surface area contributed by atoms with Crippen molar-refractivity contribution < 1.29 is 0 Å². The Bertz CT molecular complexity index is 631. The molecule has 0 fully saturated rings. The molecule has 1 atom stereocenters. The summed E-state index contributed by atoms with van der Waals surface area (Å²) in [5.41, 5.74) is 4.93. The first-order chi connectivity index (χ1) is 9.18. The number of hydrogen-bond donors (Lipinski definition) is 1. The highest BCUT2D eigenvalue weighted by Crippen LogP contribution is 2.31. The Hall–Kier alpha value is -2.09. The summed E-state index contributed by atoms with van der Waals surface area (Å²) in [5, 5.41) is 8.36. The lowest BCUT2D eigenvalue weighted by Gasteiger charge is -2.27. The molecule has 2 aromatic carbocycles. The number of amidine groups is 1. The number of benzene rings is 2. The maximum absolute atomic E-state index is 8.36. The van der Waals surface area contributed by atoms with Gasteiger partial charge in [0.05, 0.1) is 6.04 Å². The summed E-state index contributed by atoms with van der Waals surface area (Å²) in [6, 6.07) is 16.9. The van der Waals surface area contributed by atoms with Gasteiger partial charge in [0, 0.05) is 12.1 Å². The SMILES string of the molecule is Cc1ccccc1C(C)N1Cc2ccccc2C1=N. The highest BCUT2D eigenvalue weighted by Gasteiger charge is 2.28. The van der Waals surface area contributed by atoms with Gasteiger partial charge in [0.15, 0.2) is 0 Å². The van der Waals surface area contributed by atoms with Crippen LogP contribution in [0.15, 0.2) is 48.5 Å². The second-order valence-electron chi connectivity index (χ2n) is 5.17. The Labute approximate surface area is 114 Å². The number of fused-ring (bicyclic) bond motifs is 1. The molecule has 0 saturated heterocycles. The minimum absolute atomic E-state index is 0.237. The first-order valence-corrected chi connectivity index (χ1v) is 6.67. The van der Waals surface area contributed by atoms with Gasteiger partial charge >= 0.3 is 0 Å².